The Kier molecular flexibility index (Phi) is 4.49. The van der Waals surface area contributed by atoms with Gasteiger partial charge in [0.15, 0.2) is 0 Å². The summed E-state index contributed by atoms with van der Waals surface area (Å²) in [5, 5.41) is 6.13. The highest BCUT2D eigenvalue weighted by Crippen LogP contribution is 2.31. The van der Waals surface area contributed by atoms with E-state index in [1.54, 1.807) is 0 Å². The molecule has 0 aromatic heterocycles. The van der Waals surface area contributed by atoms with Crippen LogP contribution in [0.15, 0.2) is 0 Å². The van der Waals surface area contributed by atoms with Crippen LogP contribution in [0.5, 0.6) is 0 Å². The Labute approximate surface area is 110 Å². The second-order valence-corrected chi connectivity index (χ2v) is 6.31. The van der Waals surface area contributed by atoms with E-state index < -0.39 is 0 Å². The molecule has 104 valence electrons. The lowest BCUT2D eigenvalue weighted by molar-refractivity contribution is 0.182. The molecule has 0 unspecified atom stereocenters. The molecule has 0 aromatic rings. The Morgan fingerprint density at radius 1 is 1.33 bits per heavy atom. The molecule has 0 bridgehead atoms. The molecule has 0 aromatic carbocycles. The lowest BCUT2D eigenvalue weighted by atomic mass is 9.78. The summed E-state index contributed by atoms with van der Waals surface area (Å²) in [7, 11) is 0. The minimum absolute atomic E-state index is 0.0111. The van der Waals surface area contributed by atoms with Crippen molar-refractivity contribution >= 4 is 6.03 Å². The maximum atomic E-state index is 11.9. The van der Waals surface area contributed by atoms with Crippen molar-refractivity contribution < 1.29 is 9.53 Å². The summed E-state index contributed by atoms with van der Waals surface area (Å²) < 4.78 is 5.30. The van der Waals surface area contributed by atoms with E-state index in [9.17, 15) is 4.79 Å². The van der Waals surface area contributed by atoms with Crippen LogP contribution in [0.2, 0.25) is 0 Å². The van der Waals surface area contributed by atoms with Gasteiger partial charge in [-0.2, -0.15) is 0 Å². The highest BCUT2D eigenvalue weighted by atomic mass is 16.5. The van der Waals surface area contributed by atoms with Gasteiger partial charge in [0.25, 0.3) is 0 Å². The summed E-state index contributed by atoms with van der Waals surface area (Å²) >= 11 is 0. The minimum atomic E-state index is -0.0149. The van der Waals surface area contributed by atoms with Gasteiger partial charge in [0.2, 0.25) is 0 Å². The number of urea groups is 1. The van der Waals surface area contributed by atoms with Gasteiger partial charge in [0.1, 0.15) is 0 Å². The molecule has 1 atom stereocenters. The van der Waals surface area contributed by atoms with Crippen molar-refractivity contribution in [3.8, 4) is 0 Å². The average Bonchev–Trinajstić information content (AvgIpc) is 2.84. The number of nitrogens with one attached hydrogen (secondary N) is 2. The van der Waals surface area contributed by atoms with Crippen LogP contribution in [0.1, 0.15) is 46.0 Å². The van der Waals surface area contributed by atoms with Gasteiger partial charge in [-0.05, 0) is 44.9 Å². The predicted molar refractivity (Wildman–Crippen MR) is 71.5 cm³/mol. The molecule has 2 fully saturated rings. The van der Waals surface area contributed by atoms with Crippen molar-refractivity contribution in [3.63, 3.8) is 0 Å². The Hall–Kier alpha value is -0.770. The Balaban J connectivity index is 1.69. The first-order valence-electron chi connectivity index (χ1n) is 7.21. The van der Waals surface area contributed by atoms with E-state index in [0.29, 0.717) is 5.92 Å². The van der Waals surface area contributed by atoms with Crippen molar-refractivity contribution in [2.75, 3.05) is 19.8 Å². The van der Waals surface area contributed by atoms with E-state index in [-0.39, 0.29) is 11.6 Å². The monoisotopic (exact) mass is 254 g/mol. The third kappa shape index (κ3) is 3.87. The molecule has 1 aliphatic carbocycles. The highest BCUT2D eigenvalue weighted by Gasteiger charge is 2.31. The normalized spacial score (nSPS) is 36.3. The maximum Gasteiger partial charge on any atom is 0.315 e. The summed E-state index contributed by atoms with van der Waals surface area (Å²) in [4.78, 5) is 11.9. The standard InChI is InChI=1S/C14H26N2O2/c1-11-3-6-14(2,7-4-11)16-13(17)15-9-12-5-8-18-10-12/h11-12H,3-10H2,1-2H3,(H2,15,16,17)/t11?,12-,14?/m0/s1. The van der Waals surface area contributed by atoms with Crippen LogP contribution in [-0.4, -0.2) is 31.3 Å². The quantitative estimate of drug-likeness (QED) is 0.812. The van der Waals surface area contributed by atoms with E-state index >= 15 is 0 Å². The maximum absolute atomic E-state index is 11.9. The molecule has 18 heavy (non-hydrogen) atoms. The number of hydrogen-bond acceptors (Lipinski definition) is 2. The van der Waals surface area contributed by atoms with E-state index in [1.165, 1.54) is 12.8 Å². The molecule has 0 spiro atoms. The Morgan fingerprint density at radius 3 is 2.67 bits per heavy atom. The molecule has 0 radical (unpaired) electrons. The van der Waals surface area contributed by atoms with Crippen molar-refractivity contribution in [3.05, 3.63) is 0 Å². The largest absolute Gasteiger partial charge is 0.381 e. The number of carbonyl (C=O) groups excluding carboxylic acids is 1. The second kappa shape index (κ2) is 5.91. The van der Waals surface area contributed by atoms with Gasteiger partial charge in [0, 0.05) is 24.6 Å². The van der Waals surface area contributed by atoms with Crippen LogP contribution < -0.4 is 10.6 Å². The minimum Gasteiger partial charge on any atom is -0.381 e. The fourth-order valence-corrected chi connectivity index (χ4v) is 2.82. The molecule has 1 saturated heterocycles. The van der Waals surface area contributed by atoms with Crippen molar-refractivity contribution in [2.24, 2.45) is 11.8 Å². The van der Waals surface area contributed by atoms with Gasteiger partial charge in [-0.3, -0.25) is 0 Å². The lowest BCUT2D eigenvalue weighted by Gasteiger charge is -2.37. The van der Waals surface area contributed by atoms with Crippen LogP contribution >= 0.6 is 0 Å². The predicted octanol–water partition coefficient (Wildman–Crippen LogP) is 2.29. The van der Waals surface area contributed by atoms with E-state index in [1.807, 2.05) is 0 Å². The summed E-state index contributed by atoms with van der Waals surface area (Å²) in [6.07, 6.45) is 5.68. The number of amides is 2. The Bertz CT molecular complexity index is 280. The van der Waals surface area contributed by atoms with Gasteiger partial charge in [-0.15, -0.1) is 0 Å². The molecule has 4 heteroatoms. The van der Waals surface area contributed by atoms with Crippen molar-refractivity contribution in [1.82, 2.24) is 10.6 Å². The number of rotatable bonds is 3. The Morgan fingerprint density at radius 2 is 2.06 bits per heavy atom. The van der Waals surface area contributed by atoms with Crippen LogP contribution in [-0.2, 0) is 4.74 Å². The van der Waals surface area contributed by atoms with Gasteiger partial charge >= 0.3 is 6.03 Å². The molecule has 1 heterocycles. The summed E-state index contributed by atoms with van der Waals surface area (Å²) in [5.74, 6) is 1.30. The highest BCUT2D eigenvalue weighted by molar-refractivity contribution is 5.74. The first-order chi connectivity index (χ1) is 8.57. The van der Waals surface area contributed by atoms with E-state index in [2.05, 4.69) is 24.5 Å². The van der Waals surface area contributed by atoms with Gasteiger partial charge in [-0.25, -0.2) is 4.79 Å². The van der Waals surface area contributed by atoms with Gasteiger partial charge in [-0.1, -0.05) is 6.92 Å². The number of carbonyl (C=O) groups is 1. The number of ether oxygens (including phenoxy) is 1. The molecule has 1 aliphatic heterocycles. The van der Waals surface area contributed by atoms with Gasteiger partial charge < -0.3 is 15.4 Å². The number of hydrogen-bond donors (Lipinski definition) is 2. The summed E-state index contributed by atoms with van der Waals surface area (Å²) in [6.45, 7) is 6.81. The van der Waals surface area contributed by atoms with E-state index in [0.717, 1.165) is 44.9 Å². The molecule has 2 N–H and O–H groups in total. The smallest absolute Gasteiger partial charge is 0.315 e. The zero-order valence-electron chi connectivity index (χ0n) is 11.6. The SMILES string of the molecule is CC1CCC(C)(NC(=O)NC[C@@H]2CCOC2)CC1. The molecule has 2 rings (SSSR count). The fourth-order valence-electron chi connectivity index (χ4n) is 2.82. The van der Waals surface area contributed by atoms with Crippen LogP contribution in [0.25, 0.3) is 0 Å². The van der Waals surface area contributed by atoms with Crippen LogP contribution in [0.4, 0.5) is 4.79 Å². The van der Waals surface area contributed by atoms with Crippen LogP contribution in [0, 0.1) is 11.8 Å². The average molecular weight is 254 g/mol. The third-order valence-electron chi connectivity index (χ3n) is 4.37. The fraction of sp³-hybridized carbons (Fsp3) is 0.929. The zero-order chi connectivity index (χ0) is 13.0. The molecule has 2 amide bonds. The molecule has 1 saturated carbocycles. The topological polar surface area (TPSA) is 50.4 Å². The second-order valence-electron chi connectivity index (χ2n) is 6.31. The first kappa shape index (κ1) is 13.7. The van der Waals surface area contributed by atoms with Gasteiger partial charge in [0.05, 0.1) is 6.61 Å². The lowest BCUT2D eigenvalue weighted by Crippen LogP contribution is -2.52. The first-order valence-corrected chi connectivity index (χ1v) is 7.21. The van der Waals surface area contributed by atoms with E-state index in [4.69, 9.17) is 4.74 Å². The van der Waals surface area contributed by atoms with Crippen molar-refractivity contribution in [2.45, 2.75) is 51.5 Å². The van der Waals surface area contributed by atoms with Crippen molar-refractivity contribution in [1.29, 1.82) is 0 Å². The molecular weight excluding hydrogens is 228 g/mol. The zero-order valence-corrected chi connectivity index (χ0v) is 11.6. The summed E-state index contributed by atoms with van der Waals surface area (Å²) in [6, 6.07) is -0.0149. The third-order valence-corrected chi connectivity index (χ3v) is 4.37. The molecular formula is C14H26N2O2. The van der Waals surface area contributed by atoms with Crippen LogP contribution in [0.3, 0.4) is 0 Å². The summed E-state index contributed by atoms with van der Waals surface area (Å²) in [5.41, 5.74) is -0.0111. The molecule has 2 aliphatic rings. The molecule has 4 nitrogen and oxygen atoms in total.